The van der Waals surface area contributed by atoms with Crippen molar-refractivity contribution in [2.45, 2.75) is 25.4 Å². The first-order valence-electron chi connectivity index (χ1n) is 7.71. The molecular weight excluding hydrogens is 304 g/mol. The predicted molar refractivity (Wildman–Crippen MR) is 82.8 cm³/mol. The van der Waals surface area contributed by atoms with E-state index in [2.05, 4.69) is 9.97 Å². The first-order chi connectivity index (χ1) is 11.2. The van der Waals surface area contributed by atoms with Crippen LogP contribution in [0, 0.1) is 0 Å². The molecule has 1 N–H and O–H groups in total. The Labute approximate surface area is 132 Å². The number of benzene rings is 1. The number of aliphatic hydroxyl groups excluding tert-OH is 1. The molecule has 23 heavy (non-hydrogen) atoms. The van der Waals surface area contributed by atoms with E-state index in [0.29, 0.717) is 17.9 Å². The lowest BCUT2D eigenvalue weighted by Gasteiger charge is -2.34. The summed E-state index contributed by atoms with van der Waals surface area (Å²) in [5, 5.41) is 9.64. The number of hydrogen-bond acceptors (Lipinski definition) is 5. The van der Waals surface area contributed by atoms with E-state index < -0.39 is 12.2 Å². The standard InChI is InChI=1S/C16H19F2N3O2/c17-14(18)15-19-13-6-2-1-5-12(13)16(20-15)21-7-3-4-11(10-21)23-9-8-22/h1-2,5-6,11,14,22H,3-4,7-10H2. The fourth-order valence-corrected chi connectivity index (χ4v) is 2.90. The second-order valence-corrected chi connectivity index (χ2v) is 5.53. The maximum Gasteiger partial charge on any atom is 0.297 e. The van der Waals surface area contributed by atoms with Crippen LogP contribution in [0.2, 0.25) is 0 Å². The zero-order valence-electron chi connectivity index (χ0n) is 12.7. The van der Waals surface area contributed by atoms with Gasteiger partial charge in [-0.25, -0.2) is 18.7 Å². The van der Waals surface area contributed by atoms with Gasteiger partial charge < -0.3 is 14.7 Å². The number of anilines is 1. The molecule has 124 valence electrons. The number of aromatic nitrogens is 2. The molecular formula is C16H19F2N3O2. The highest BCUT2D eigenvalue weighted by Crippen LogP contribution is 2.29. The van der Waals surface area contributed by atoms with Gasteiger partial charge in [-0.1, -0.05) is 12.1 Å². The van der Waals surface area contributed by atoms with Gasteiger partial charge in [0, 0.05) is 18.5 Å². The van der Waals surface area contributed by atoms with Crippen molar-refractivity contribution >= 4 is 16.7 Å². The molecule has 1 unspecified atom stereocenters. The Hall–Kier alpha value is -1.86. The number of fused-ring (bicyclic) bond motifs is 1. The van der Waals surface area contributed by atoms with Gasteiger partial charge in [0.25, 0.3) is 6.43 Å². The quantitative estimate of drug-likeness (QED) is 0.916. The average Bonchev–Trinajstić information content (AvgIpc) is 2.59. The van der Waals surface area contributed by atoms with E-state index in [9.17, 15) is 8.78 Å². The highest BCUT2D eigenvalue weighted by atomic mass is 19.3. The maximum absolute atomic E-state index is 13.1. The number of alkyl halides is 2. The minimum Gasteiger partial charge on any atom is -0.394 e. The fraction of sp³-hybridized carbons (Fsp3) is 0.500. The molecule has 3 rings (SSSR count). The molecule has 2 heterocycles. The summed E-state index contributed by atoms with van der Waals surface area (Å²) < 4.78 is 31.8. The Morgan fingerprint density at radius 1 is 1.30 bits per heavy atom. The van der Waals surface area contributed by atoms with Crippen molar-refractivity contribution in [3.8, 4) is 0 Å². The summed E-state index contributed by atoms with van der Waals surface area (Å²) in [6.45, 7) is 1.57. The number of hydrogen-bond donors (Lipinski definition) is 1. The smallest absolute Gasteiger partial charge is 0.297 e. The Balaban J connectivity index is 1.94. The fourth-order valence-electron chi connectivity index (χ4n) is 2.90. The first-order valence-corrected chi connectivity index (χ1v) is 7.71. The zero-order valence-corrected chi connectivity index (χ0v) is 12.7. The molecule has 1 aromatic heterocycles. The number of nitrogens with zero attached hydrogens (tertiary/aromatic N) is 3. The van der Waals surface area contributed by atoms with Crippen LogP contribution >= 0.6 is 0 Å². The van der Waals surface area contributed by atoms with Crippen LogP contribution in [0.4, 0.5) is 14.6 Å². The number of piperidine rings is 1. The van der Waals surface area contributed by atoms with Gasteiger partial charge in [-0.15, -0.1) is 0 Å². The third-order valence-corrected chi connectivity index (χ3v) is 3.92. The van der Waals surface area contributed by atoms with Gasteiger partial charge in [0.1, 0.15) is 5.82 Å². The number of para-hydroxylation sites is 1. The molecule has 1 saturated heterocycles. The molecule has 0 amide bonds. The van der Waals surface area contributed by atoms with Gasteiger partial charge in [0.05, 0.1) is 24.8 Å². The van der Waals surface area contributed by atoms with Crippen LogP contribution in [0.25, 0.3) is 10.9 Å². The Morgan fingerprint density at radius 2 is 2.13 bits per heavy atom. The monoisotopic (exact) mass is 323 g/mol. The van der Waals surface area contributed by atoms with Crippen molar-refractivity contribution in [2.24, 2.45) is 0 Å². The van der Waals surface area contributed by atoms with Crippen molar-refractivity contribution in [3.63, 3.8) is 0 Å². The second kappa shape index (κ2) is 7.14. The molecule has 1 aromatic carbocycles. The molecule has 0 bridgehead atoms. The predicted octanol–water partition coefficient (Wildman–Crippen LogP) is 2.55. The number of ether oxygens (including phenoxy) is 1. The maximum atomic E-state index is 13.1. The van der Waals surface area contributed by atoms with Gasteiger partial charge >= 0.3 is 0 Å². The highest BCUT2D eigenvalue weighted by molar-refractivity contribution is 5.89. The van der Waals surface area contributed by atoms with Crippen molar-refractivity contribution in [1.82, 2.24) is 9.97 Å². The van der Waals surface area contributed by atoms with Gasteiger partial charge in [-0.2, -0.15) is 0 Å². The highest BCUT2D eigenvalue weighted by Gasteiger charge is 2.24. The molecule has 2 aromatic rings. The van der Waals surface area contributed by atoms with Crippen LogP contribution in [-0.4, -0.2) is 47.5 Å². The molecule has 1 aliphatic heterocycles. The lowest BCUT2D eigenvalue weighted by atomic mass is 10.1. The van der Waals surface area contributed by atoms with Crippen molar-refractivity contribution in [2.75, 3.05) is 31.2 Å². The van der Waals surface area contributed by atoms with Crippen molar-refractivity contribution in [3.05, 3.63) is 30.1 Å². The summed E-state index contributed by atoms with van der Waals surface area (Å²) in [5.74, 6) is 0.0836. The van der Waals surface area contributed by atoms with Crippen LogP contribution in [0.5, 0.6) is 0 Å². The molecule has 0 radical (unpaired) electrons. The van der Waals surface area contributed by atoms with Crippen LogP contribution in [0.1, 0.15) is 25.1 Å². The van der Waals surface area contributed by atoms with E-state index in [0.717, 1.165) is 24.8 Å². The van der Waals surface area contributed by atoms with E-state index in [4.69, 9.17) is 9.84 Å². The lowest BCUT2D eigenvalue weighted by molar-refractivity contribution is 0.0213. The second-order valence-electron chi connectivity index (χ2n) is 5.53. The van der Waals surface area contributed by atoms with E-state index in [1.54, 1.807) is 12.1 Å². The largest absolute Gasteiger partial charge is 0.394 e. The molecule has 1 fully saturated rings. The molecule has 5 nitrogen and oxygen atoms in total. The van der Waals surface area contributed by atoms with Gasteiger partial charge in [0.15, 0.2) is 5.82 Å². The normalized spacial score (nSPS) is 18.8. The van der Waals surface area contributed by atoms with Crippen LogP contribution < -0.4 is 4.90 Å². The third kappa shape index (κ3) is 3.56. The molecule has 7 heteroatoms. The van der Waals surface area contributed by atoms with E-state index in [1.165, 1.54) is 0 Å². The van der Waals surface area contributed by atoms with Gasteiger partial charge in [-0.05, 0) is 25.0 Å². The number of aliphatic hydroxyl groups is 1. The lowest BCUT2D eigenvalue weighted by Crippen LogP contribution is -2.40. The van der Waals surface area contributed by atoms with Crippen molar-refractivity contribution in [1.29, 1.82) is 0 Å². The SMILES string of the molecule is OCCOC1CCCN(c2nc(C(F)F)nc3ccccc23)C1. The minimum atomic E-state index is -2.70. The number of rotatable bonds is 5. The Bertz CT molecular complexity index is 669. The summed E-state index contributed by atoms with van der Waals surface area (Å²) in [6, 6.07) is 7.19. The van der Waals surface area contributed by atoms with Crippen LogP contribution in [0.3, 0.4) is 0 Å². The summed E-state index contributed by atoms with van der Waals surface area (Å²) in [5.41, 5.74) is 0.520. The average molecular weight is 323 g/mol. The van der Waals surface area contributed by atoms with Crippen LogP contribution in [-0.2, 0) is 4.74 Å². The molecule has 0 aliphatic carbocycles. The Morgan fingerprint density at radius 3 is 2.91 bits per heavy atom. The van der Waals surface area contributed by atoms with Crippen LogP contribution in [0.15, 0.2) is 24.3 Å². The van der Waals surface area contributed by atoms with E-state index >= 15 is 0 Å². The third-order valence-electron chi connectivity index (χ3n) is 3.92. The molecule has 0 saturated carbocycles. The molecule has 1 atom stereocenters. The summed E-state index contributed by atoms with van der Waals surface area (Å²) in [7, 11) is 0. The zero-order chi connectivity index (χ0) is 16.2. The summed E-state index contributed by atoms with van der Waals surface area (Å²) in [4.78, 5) is 10.0. The van der Waals surface area contributed by atoms with Gasteiger partial charge in [0.2, 0.25) is 0 Å². The topological polar surface area (TPSA) is 58.5 Å². The first kappa shape index (κ1) is 16.0. The summed E-state index contributed by atoms with van der Waals surface area (Å²) in [6.07, 6.45) is -0.955. The molecule has 1 aliphatic rings. The van der Waals surface area contributed by atoms with Gasteiger partial charge in [-0.3, -0.25) is 0 Å². The number of halogens is 2. The molecule has 0 spiro atoms. The van der Waals surface area contributed by atoms with E-state index in [-0.39, 0.29) is 19.3 Å². The minimum absolute atomic E-state index is 0.0253. The van der Waals surface area contributed by atoms with E-state index in [1.807, 2.05) is 17.0 Å². The summed E-state index contributed by atoms with van der Waals surface area (Å²) >= 11 is 0. The Kier molecular flexibility index (Phi) is 4.97. The van der Waals surface area contributed by atoms with Crippen molar-refractivity contribution < 1.29 is 18.6 Å².